The number of morpholine rings is 1. The molecule has 2 heterocycles. The summed E-state index contributed by atoms with van der Waals surface area (Å²) in [6.07, 6.45) is 4.42. The number of rotatable bonds is 8. The molecule has 2 fully saturated rings. The van der Waals surface area contributed by atoms with Crippen molar-refractivity contribution >= 4 is 0 Å². The number of benzene rings is 1. The van der Waals surface area contributed by atoms with Gasteiger partial charge in [-0.05, 0) is 56.5 Å². The van der Waals surface area contributed by atoms with E-state index >= 15 is 0 Å². The quantitative estimate of drug-likeness (QED) is 0.670. The molecule has 5 heteroatoms. The first-order chi connectivity index (χ1) is 12.8. The summed E-state index contributed by atoms with van der Waals surface area (Å²) in [4.78, 5) is 4.86. The molecular formula is C21H31N3O2. The third-order valence-electron chi connectivity index (χ3n) is 5.23. The highest BCUT2D eigenvalue weighted by Crippen LogP contribution is 2.20. The van der Waals surface area contributed by atoms with Gasteiger partial charge in [0.05, 0.1) is 31.8 Å². The topological polar surface area (TPSA) is 48.7 Å². The fourth-order valence-corrected chi connectivity index (χ4v) is 3.75. The predicted octanol–water partition coefficient (Wildman–Crippen LogP) is 2.91. The maximum atomic E-state index is 9.14. The van der Waals surface area contributed by atoms with Crippen LogP contribution in [0.15, 0.2) is 24.3 Å². The second-order valence-corrected chi connectivity index (χ2v) is 7.36. The van der Waals surface area contributed by atoms with Crippen molar-refractivity contribution in [1.82, 2.24) is 9.80 Å². The molecule has 2 saturated heterocycles. The summed E-state index contributed by atoms with van der Waals surface area (Å²) in [5, 5.41) is 9.14. The normalized spacial score (nSPS) is 22.0. The molecule has 1 aromatic rings. The van der Waals surface area contributed by atoms with E-state index in [2.05, 4.69) is 34.1 Å². The van der Waals surface area contributed by atoms with Gasteiger partial charge in [0.1, 0.15) is 5.75 Å². The summed E-state index contributed by atoms with van der Waals surface area (Å²) < 4.78 is 11.3. The second kappa shape index (κ2) is 10.5. The monoisotopic (exact) mass is 357 g/mol. The Bertz CT molecular complexity index is 581. The molecule has 26 heavy (non-hydrogen) atoms. The molecular weight excluding hydrogens is 326 g/mol. The number of hydrogen-bond donors (Lipinski definition) is 0. The van der Waals surface area contributed by atoms with E-state index in [1.807, 2.05) is 6.07 Å². The van der Waals surface area contributed by atoms with Gasteiger partial charge >= 0.3 is 0 Å². The van der Waals surface area contributed by atoms with Crippen molar-refractivity contribution in [2.45, 2.75) is 32.2 Å². The average molecular weight is 357 g/mol. The largest absolute Gasteiger partial charge is 0.494 e. The molecule has 5 nitrogen and oxygen atoms in total. The zero-order valence-electron chi connectivity index (χ0n) is 15.7. The number of nitriles is 1. The van der Waals surface area contributed by atoms with Gasteiger partial charge in [-0.3, -0.25) is 9.80 Å². The summed E-state index contributed by atoms with van der Waals surface area (Å²) in [5.41, 5.74) is 1.27. The Morgan fingerprint density at radius 2 is 2.04 bits per heavy atom. The van der Waals surface area contributed by atoms with Crippen molar-refractivity contribution in [3.63, 3.8) is 0 Å². The van der Waals surface area contributed by atoms with Crippen molar-refractivity contribution in [3.8, 4) is 11.8 Å². The average Bonchev–Trinajstić information content (AvgIpc) is 2.69. The van der Waals surface area contributed by atoms with Crippen LogP contribution in [0, 0.1) is 17.2 Å². The number of likely N-dealkylation sites (tertiary alicyclic amines) is 1. The van der Waals surface area contributed by atoms with Crippen LogP contribution in [0.3, 0.4) is 0 Å². The highest BCUT2D eigenvalue weighted by molar-refractivity contribution is 5.28. The van der Waals surface area contributed by atoms with Crippen molar-refractivity contribution in [1.29, 1.82) is 5.26 Å². The number of ether oxygens (including phenoxy) is 2. The molecule has 1 aromatic carbocycles. The fraction of sp³-hybridized carbons (Fsp3) is 0.667. The summed E-state index contributed by atoms with van der Waals surface area (Å²) in [5.74, 6) is 1.15. The van der Waals surface area contributed by atoms with E-state index in [4.69, 9.17) is 14.7 Å². The number of unbranched alkanes of at least 4 members (excludes halogenated alkanes) is 1. The van der Waals surface area contributed by atoms with Gasteiger partial charge in [0.15, 0.2) is 0 Å². The van der Waals surface area contributed by atoms with E-state index in [0.29, 0.717) is 0 Å². The minimum absolute atomic E-state index is 0.189. The van der Waals surface area contributed by atoms with Crippen LogP contribution in [0.5, 0.6) is 5.75 Å². The molecule has 3 rings (SSSR count). The van der Waals surface area contributed by atoms with Gasteiger partial charge in [-0.15, -0.1) is 0 Å². The third kappa shape index (κ3) is 6.28. The van der Waals surface area contributed by atoms with E-state index in [-0.39, 0.29) is 5.92 Å². The van der Waals surface area contributed by atoms with E-state index in [1.165, 1.54) is 12.0 Å². The molecule has 0 radical (unpaired) electrons. The SMILES string of the molecule is N#C[C@H]1CCCN(Cc2cccc(OCCCCN3CCOCC3)c2)C1. The van der Waals surface area contributed by atoms with Crippen LogP contribution in [0.1, 0.15) is 31.2 Å². The van der Waals surface area contributed by atoms with Gasteiger partial charge in [0, 0.05) is 26.2 Å². The highest BCUT2D eigenvalue weighted by atomic mass is 16.5. The highest BCUT2D eigenvalue weighted by Gasteiger charge is 2.19. The third-order valence-corrected chi connectivity index (χ3v) is 5.23. The molecule has 0 unspecified atom stereocenters. The molecule has 0 bridgehead atoms. The smallest absolute Gasteiger partial charge is 0.119 e. The Kier molecular flexibility index (Phi) is 7.75. The second-order valence-electron chi connectivity index (χ2n) is 7.36. The lowest BCUT2D eigenvalue weighted by molar-refractivity contribution is 0.0368. The summed E-state index contributed by atoms with van der Waals surface area (Å²) in [6, 6.07) is 10.8. The Morgan fingerprint density at radius 3 is 2.88 bits per heavy atom. The molecule has 0 N–H and O–H groups in total. The van der Waals surface area contributed by atoms with Crippen molar-refractivity contribution in [2.75, 3.05) is 52.5 Å². The van der Waals surface area contributed by atoms with Crippen molar-refractivity contribution in [3.05, 3.63) is 29.8 Å². The van der Waals surface area contributed by atoms with Crippen LogP contribution in [0.4, 0.5) is 0 Å². The summed E-state index contributed by atoms with van der Waals surface area (Å²) >= 11 is 0. The van der Waals surface area contributed by atoms with Gasteiger partial charge in [-0.1, -0.05) is 12.1 Å². The van der Waals surface area contributed by atoms with E-state index in [9.17, 15) is 0 Å². The standard InChI is InChI=1S/C21H31N3O2/c22-16-20-6-4-9-24(18-20)17-19-5-3-7-21(15-19)26-12-2-1-8-23-10-13-25-14-11-23/h3,5,7,15,20H,1-2,4,6,8-14,17-18H2/t20-/m1/s1. The van der Waals surface area contributed by atoms with E-state index < -0.39 is 0 Å². The molecule has 0 aromatic heterocycles. The van der Waals surface area contributed by atoms with E-state index in [0.717, 1.165) is 84.1 Å². The maximum absolute atomic E-state index is 9.14. The van der Waals surface area contributed by atoms with Crippen LogP contribution < -0.4 is 4.74 Å². The van der Waals surface area contributed by atoms with Crippen LogP contribution in [0.25, 0.3) is 0 Å². The Labute approximate surface area is 157 Å². The number of piperidine rings is 1. The fourth-order valence-electron chi connectivity index (χ4n) is 3.75. The zero-order chi connectivity index (χ0) is 18.0. The van der Waals surface area contributed by atoms with Gasteiger partial charge in [-0.25, -0.2) is 0 Å². The Hall–Kier alpha value is -1.61. The molecule has 2 aliphatic heterocycles. The van der Waals surface area contributed by atoms with Gasteiger partial charge in [-0.2, -0.15) is 5.26 Å². The Morgan fingerprint density at radius 1 is 1.15 bits per heavy atom. The lowest BCUT2D eigenvalue weighted by atomic mass is 9.99. The van der Waals surface area contributed by atoms with Gasteiger partial charge in [0.25, 0.3) is 0 Å². The first-order valence-electron chi connectivity index (χ1n) is 9.97. The number of hydrogen-bond acceptors (Lipinski definition) is 5. The molecule has 0 aliphatic carbocycles. The van der Waals surface area contributed by atoms with Crippen LogP contribution in [-0.2, 0) is 11.3 Å². The van der Waals surface area contributed by atoms with Crippen LogP contribution in [0.2, 0.25) is 0 Å². The predicted molar refractivity (Wildman–Crippen MR) is 102 cm³/mol. The minimum Gasteiger partial charge on any atom is -0.494 e. The molecule has 142 valence electrons. The van der Waals surface area contributed by atoms with Gasteiger partial charge in [0.2, 0.25) is 0 Å². The first-order valence-corrected chi connectivity index (χ1v) is 9.97. The maximum Gasteiger partial charge on any atom is 0.119 e. The minimum atomic E-state index is 0.189. The van der Waals surface area contributed by atoms with E-state index in [1.54, 1.807) is 0 Å². The van der Waals surface area contributed by atoms with Crippen molar-refractivity contribution < 1.29 is 9.47 Å². The lowest BCUT2D eigenvalue weighted by Crippen LogP contribution is -2.36. The molecule has 0 saturated carbocycles. The van der Waals surface area contributed by atoms with Crippen LogP contribution in [-0.4, -0.2) is 62.3 Å². The first kappa shape index (κ1) is 19.2. The summed E-state index contributed by atoms with van der Waals surface area (Å²) in [6.45, 7) is 8.67. The zero-order valence-corrected chi connectivity index (χ0v) is 15.7. The lowest BCUT2D eigenvalue weighted by Gasteiger charge is -2.29. The number of nitrogens with zero attached hydrogens (tertiary/aromatic N) is 3. The molecule has 1 atom stereocenters. The van der Waals surface area contributed by atoms with Gasteiger partial charge < -0.3 is 9.47 Å². The molecule has 0 spiro atoms. The van der Waals surface area contributed by atoms with Crippen LogP contribution >= 0.6 is 0 Å². The molecule has 2 aliphatic rings. The summed E-state index contributed by atoms with van der Waals surface area (Å²) in [7, 11) is 0. The molecule has 0 amide bonds. The Balaban J connectivity index is 1.36. The van der Waals surface area contributed by atoms with Crippen molar-refractivity contribution in [2.24, 2.45) is 5.92 Å².